The van der Waals surface area contributed by atoms with Crippen molar-refractivity contribution in [1.82, 2.24) is 15.0 Å². The second-order valence-corrected chi connectivity index (χ2v) is 13.9. The van der Waals surface area contributed by atoms with Crippen molar-refractivity contribution in [3.63, 3.8) is 0 Å². The summed E-state index contributed by atoms with van der Waals surface area (Å²) in [5.41, 5.74) is 12.6. The molecule has 0 unspecified atom stereocenters. The normalized spacial score (nSPS) is 12.2. The van der Waals surface area contributed by atoms with Gasteiger partial charge in [-0.05, 0) is 103 Å². The molecule has 0 bridgehead atoms. The van der Waals surface area contributed by atoms with Crippen LogP contribution in [0, 0.1) is 0 Å². The molecule has 0 amide bonds. The second kappa shape index (κ2) is 13.5. The molecule has 0 radical (unpaired) electrons. The van der Waals surface area contributed by atoms with Crippen molar-refractivity contribution >= 4 is 27.6 Å². The summed E-state index contributed by atoms with van der Waals surface area (Å²) in [6.07, 6.45) is 6.50. The van der Waals surface area contributed by atoms with Gasteiger partial charge in [-0.25, -0.2) is 15.0 Å². The Balaban J connectivity index is 1.09. The number of benzene rings is 8. The minimum Gasteiger partial charge on any atom is -0.208 e. The Bertz CT molecular complexity index is 2870. The van der Waals surface area contributed by atoms with Crippen molar-refractivity contribution in [2.45, 2.75) is 12.8 Å². The Hall–Kier alpha value is -6.97. The van der Waals surface area contributed by atoms with Gasteiger partial charge in [0, 0.05) is 16.7 Å². The molecule has 10 rings (SSSR count). The molecular formula is C51H35N3. The van der Waals surface area contributed by atoms with Crippen LogP contribution < -0.4 is 0 Å². The predicted octanol–water partition coefficient (Wildman–Crippen LogP) is 13.1. The van der Waals surface area contributed by atoms with Gasteiger partial charge in [0.2, 0.25) is 0 Å². The molecule has 8 aromatic carbocycles. The molecule has 0 fully saturated rings. The quantitative estimate of drug-likeness (QED) is 0.174. The van der Waals surface area contributed by atoms with Crippen LogP contribution in [0.25, 0.3) is 95.2 Å². The summed E-state index contributed by atoms with van der Waals surface area (Å²) < 4.78 is 0. The molecule has 0 saturated heterocycles. The van der Waals surface area contributed by atoms with Crippen molar-refractivity contribution in [2.24, 2.45) is 0 Å². The fraction of sp³-hybridized carbons (Fsp3) is 0.0392. The van der Waals surface area contributed by atoms with Crippen LogP contribution in [0.2, 0.25) is 0 Å². The van der Waals surface area contributed by atoms with Gasteiger partial charge in [-0.15, -0.1) is 0 Å². The summed E-state index contributed by atoms with van der Waals surface area (Å²) >= 11 is 0. The van der Waals surface area contributed by atoms with E-state index in [9.17, 15) is 0 Å². The third-order valence-corrected chi connectivity index (χ3v) is 10.6. The van der Waals surface area contributed by atoms with E-state index in [0.717, 1.165) is 40.7 Å². The Labute approximate surface area is 315 Å². The minimum atomic E-state index is 0.655. The summed E-state index contributed by atoms with van der Waals surface area (Å²) in [6.45, 7) is 0. The zero-order valence-corrected chi connectivity index (χ0v) is 29.7. The van der Waals surface area contributed by atoms with Gasteiger partial charge in [0.15, 0.2) is 17.5 Å². The fourth-order valence-electron chi connectivity index (χ4n) is 7.86. The van der Waals surface area contributed by atoms with E-state index < -0.39 is 0 Å². The summed E-state index contributed by atoms with van der Waals surface area (Å²) in [7, 11) is 0. The van der Waals surface area contributed by atoms with Gasteiger partial charge in [0.05, 0.1) is 0 Å². The molecule has 1 heterocycles. The Morgan fingerprint density at radius 1 is 0.333 bits per heavy atom. The summed E-state index contributed by atoms with van der Waals surface area (Å²) in [4.78, 5) is 15.6. The van der Waals surface area contributed by atoms with Gasteiger partial charge in [-0.2, -0.15) is 0 Å². The molecule has 1 aliphatic carbocycles. The highest BCUT2D eigenvalue weighted by Gasteiger charge is 2.21. The molecule has 1 aromatic heterocycles. The van der Waals surface area contributed by atoms with Crippen molar-refractivity contribution in [2.75, 3.05) is 0 Å². The largest absolute Gasteiger partial charge is 0.208 e. The smallest absolute Gasteiger partial charge is 0.164 e. The van der Waals surface area contributed by atoms with Gasteiger partial charge in [-0.1, -0.05) is 164 Å². The SMILES string of the molecule is C1=Cc2c(-c3nc(-c4ccccc4)nc(-c4ccccc4-c4ccc5cc(-c6ccc7ccccc7c6)ccc5c4)n3)ccc(-c3ccccc3)c2CC1. The predicted molar refractivity (Wildman–Crippen MR) is 225 cm³/mol. The fourth-order valence-corrected chi connectivity index (χ4v) is 7.86. The molecule has 9 aromatic rings. The molecule has 0 atom stereocenters. The third kappa shape index (κ3) is 5.86. The topological polar surface area (TPSA) is 38.7 Å². The highest BCUT2D eigenvalue weighted by Crippen LogP contribution is 2.39. The van der Waals surface area contributed by atoms with Crippen molar-refractivity contribution in [3.8, 4) is 67.5 Å². The van der Waals surface area contributed by atoms with E-state index in [1.54, 1.807) is 0 Å². The second-order valence-electron chi connectivity index (χ2n) is 13.9. The maximum absolute atomic E-state index is 5.27. The molecule has 254 valence electrons. The molecule has 0 N–H and O–H groups in total. The van der Waals surface area contributed by atoms with Gasteiger partial charge < -0.3 is 0 Å². The first-order valence-electron chi connectivity index (χ1n) is 18.6. The molecule has 1 aliphatic rings. The van der Waals surface area contributed by atoms with Crippen LogP contribution in [-0.2, 0) is 6.42 Å². The molecule has 0 saturated carbocycles. The molecule has 3 nitrogen and oxygen atoms in total. The highest BCUT2D eigenvalue weighted by molar-refractivity contribution is 5.95. The standard InChI is InChI=1S/C51H35N3/c1-3-14-35(15-4-1)44-29-30-48(46-21-11-10-20-45(44)46)51-53-49(36-16-5-2-6-17-36)52-50(54-51)47-22-12-9-19-43(47)42-28-27-40-32-39(25-26-41(40)33-42)38-24-23-34-13-7-8-18-37(34)31-38/h1-9,11-19,21-33H,10,20H2. The zero-order valence-electron chi connectivity index (χ0n) is 29.7. The van der Waals surface area contributed by atoms with Gasteiger partial charge in [-0.3, -0.25) is 0 Å². The molecule has 0 aliphatic heterocycles. The summed E-state index contributed by atoms with van der Waals surface area (Å²) in [5, 5.41) is 4.89. The lowest BCUT2D eigenvalue weighted by Gasteiger charge is -2.20. The molecular weight excluding hydrogens is 655 g/mol. The first-order chi connectivity index (χ1) is 26.7. The van der Waals surface area contributed by atoms with E-state index in [1.165, 1.54) is 54.9 Å². The molecule has 3 heteroatoms. The van der Waals surface area contributed by atoms with Crippen LogP contribution >= 0.6 is 0 Å². The van der Waals surface area contributed by atoms with Crippen LogP contribution in [0.3, 0.4) is 0 Å². The average molecular weight is 690 g/mol. The lowest BCUT2D eigenvalue weighted by molar-refractivity contribution is 0.985. The zero-order chi connectivity index (χ0) is 35.8. The Morgan fingerprint density at radius 2 is 0.852 bits per heavy atom. The number of hydrogen-bond acceptors (Lipinski definition) is 3. The Morgan fingerprint density at radius 3 is 1.59 bits per heavy atom. The van der Waals surface area contributed by atoms with Crippen LogP contribution in [0.5, 0.6) is 0 Å². The van der Waals surface area contributed by atoms with E-state index >= 15 is 0 Å². The number of fused-ring (bicyclic) bond motifs is 3. The minimum absolute atomic E-state index is 0.655. The van der Waals surface area contributed by atoms with E-state index in [0.29, 0.717) is 17.5 Å². The maximum atomic E-state index is 5.27. The van der Waals surface area contributed by atoms with Gasteiger partial charge in [0.1, 0.15) is 0 Å². The first-order valence-corrected chi connectivity index (χ1v) is 18.6. The third-order valence-electron chi connectivity index (χ3n) is 10.6. The van der Waals surface area contributed by atoms with E-state index in [1.807, 2.05) is 18.2 Å². The number of aromatic nitrogens is 3. The van der Waals surface area contributed by atoms with E-state index in [4.69, 9.17) is 15.0 Å². The summed E-state index contributed by atoms with van der Waals surface area (Å²) in [6, 6.07) is 62.5. The van der Waals surface area contributed by atoms with Crippen LogP contribution in [0.1, 0.15) is 17.5 Å². The molecule has 54 heavy (non-hydrogen) atoms. The number of rotatable bonds is 6. The van der Waals surface area contributed by atoms with Crippen molar-refractivity contribution < 1.29 is 0 Å². The lowest BCUT2D eigenvalue weighted by Crippen LogP contribution is -2.05. The van der Waals surface area contributed by atoms with Crippen LogP contribution in [-0.4, -0.2) is 15.0 Å². The monoisotopic (exact) mass is 689 g/mol. The first kappa shape index (κ1) is 31.7. The average Bonchev–Trinajstić information content (AvgIpc) is 3.26. The maximum Gasteiger partial charge on any atom is 0.164 e. The van der Waals surface area contributed by atoms with Gasteiger partial charge in [0.25, 0.3) is 0 Å². The highest BCUT2D eigenvalue weighted by atomic mass is 15.0. The van der Waals surface area contributed by atoms with Crippen molar-refractivity contribution in [1.29, 1.82) is 0 Å². The van der Waals surface area contributed by atoms with Crippen molar-refractivity contribution in [3.05, 3.63) is 193 Å². The summed E-state index contributed by atoms with van der Waals surface area (Å²) in [5.74, 6) is 1.99. The van der Waals surface area contributed by atoms with Crippen LogP contribution in [0.15, 0.2) is 182 Å². The molecule has 0 spiro atoms. The lowest BCUT2D eigenvalue weighted by atomic mass is 9.86. The Kier molecular flexibility index (Phi) is 7.96. The number of allylic oxidation sites excluding steroid dienone is 1. The van der Waals surface area contributed by atoms with Gasteiger partial charge >= 0.3 is 0 Å². The van der Waals surface area contributed by atoms with E-state index in [-0.39, 0.29) is 0 Å². The number of hydrogen-bond donors (Lipinski definition) is 0. The number of nitrogens with zero attached hydrogens (tertiary/aromatic N) is 3. The van der Waals surface area contributed by atoms with E-state index in [2.05, 4.69) is 170 Å². The van der Waals surface area contributed by atoms with Crippen LogP contribution in [0.4, 0.5) is 0 Å².